The summed E-state index contributed by atoms with van der Waals surface area (Å²) in [6.07, 6.45) is 0.656. The van der Waals surface area contributed by atoms with Crippen LogP contribution in [0.5, 0.6) is 5.75 Å². The number of carbonyl (C=O) groups is 2. The van der Waals surface area contributed by atoms with E-state index in [1.165, 1.54) is 39.6 Å². The molecule has 3 amide bonds. The van der Waals surface area contributed by atoms with Gasteiger partial charge in [0, 0.05) is 46.3 Å². The Morgan fingerprint density at radius 1 is 1.31 bits per heavy atom. The topological polar surface area (TPSA) is 117 Å². The number of aromatic hydroxyl groups is 1. The Bertz CT molecular complexity index is 1130. The number of ether oxygens (including phenoxy) is 1. The Labute approximate surface area is 183 Å². The van der Waals surface area contributed by atoms with Gasteiger partial charge in [0.05, 0.1) is 12.3 Å². The lowest BCUT2D eigenvalue weighted by atomic mass is 10.1. The highest BCUT2D eigenvalue weighted by molar-refractivity contribution is 5.96. The van der Waals surface area contributed by atoms with Crippen LogP contribution >= 0.6 is 0 Å². The Hall–Kier alpha value is -3.47. The molecule has 1 atom stereocenters. The van der Waals surface area contributed by atoms with Gasteiger partial charge in [0.1, 0.15) is 11.6 Å². The Balaban J connectivity index is 1.59. The van der Waals surface area contributed by atoms with Gasteiger partial charge in [-0.1, -0.05) is 6.07 Å². The molecule has 2 fully saturated rings. The minimum atomic E-state index is -0.750. The summed E-state index contributed by atoms with van der Waals surface area (Å²) in [5, 5.41) is 12.9. The summed E-state index contributed by atoms with van der Waals surface area (Å²) in [5.74, 6) is -1.79. The maximum absolute atomic E-state index is 13.9. The summed E-state index contributed by atoms with van der Waals surface area (Å²) in [4.78, 5) is 44.8. The first-order valence-corrected chi connectivity index (χ1v) is 10.2. The van der Waals surface area contributed by atoms with Crippen molar-refractivity contribution in [1.82, 2.24) is 19.8 Å². The van der Waals surface area contributed by atoms with Crippen LogP contribution in [0.2, 0.25) is 0 Å². The van der Waals surface area contributed by atoms with E-state index in [0.717, 1.165) is 0 Å². The van der Waals surface area contributed by atoms with Gasteiger partial charge in [0.15, 0.2) is 5.69 Å². The van der Waals surface area contributed by atoms with Crippen molar-refractivity contribution in [2.45, 2.75) is 18.9 Å². The molecular formula is C21H24FN5O5. The van der Waals surface area contributed by atoms with Crippen molar-refractivity contribution in [3.8, 4) is 5.75 Å². The monoisotopic (exact) mass is 445 g/mol. The number of aromatic nitrogens is 2. The predicted molar refractivity (Wildman–Crippen MR) is 112 cm³/mol. The highest BCUT2D eigenvalue weighted by Crippen LogP contribution is 2.26. The fraction of sp³-hybridized carbons (Fsp3) is 0.429. The smallest absolute Gasteiger partial charge is 0.324 e. The van der Waals surface area contributed by atoms with Crippen molar-refractivity contribution in [3.05, 3.63) is 51.5 Å². The van der Waals surface area contributed by atoms with E-state index in [9.17, 15) is 23.9 Å². The predicted octanol–water partition coefficient (Wildman–Crippen LogP) is 0.931. The van der Waals surface area contributed by atoms with E-state index in [4.69, 9.17) is 4.74 Å². The molecule has 32 heavy (non-hydrogen) atoms. The van der Waals surface area contributed by atoms with Crippen LogP contribution in [-0.2, 0) is 18.3 Å². The Kier molecular flexibility index (Phi) is 5.83. The minimum Gasteiger partial charge on any atom is -0.501 e. The molecule has 0 aliphatic carbocycles. The van der Waals surface area contributed by atoms with E-state index in [1.54, 1.807) is 7.05 Å². The molecule has 0 radical (unpaired) electrons. The highest BCUT2D eigenvalue weighted by Gasteiger charge is 2.30. The van der Waals surface area contributed by atoms with E-state index >= 15 is 0 Å². The van der Waals surface area contributed by atoms with Crippen molar-refractivity contribution >= 4 is 17.6 Å². The summed E-state index contributed by atoms with van der Waals surface area (Å²) in [6.45, 7) is 1.74. The van der Waals surface area contributed by atoms with Crippen molar-refractivity contribution in [3.63, 3.8) is 0 Å². The molecule has 10 nitrogen and oxygen atoms in total. The van der Waals surface area contributed by atoms with Crippen LogP contribution in [0.25, 0.3) is 0 Å². The zero-order valence-corrected chi connectivity index (χ0v) is 17.8. The fourth-order valence-electron chi connectivity index (χ4n) is 3.94. The average molecular weight is 445 g/mol. The molecule has 2 aliphatic rings. The zero-order chi connectivity index (χ0) is 23.0. The second-order valence-electron chi connectivity index (χ2n) is 7.90. The van der Waals surface area contributed by atoms with Gasteiger partial charge in [-0.25, -0.2) is 14.2 Å². The number of anilines is 1. The maximum atomic E-state index is 13.9. The van der Waals surface area contributed by atoms with Gasteiger partial charge in [-0.15, -0.1) is 0 Å². The average Bonchev–Trinajstić information content (AvgIpc) is 3.42. The second kappa shape index (κ2) is 8.58. The summed E-state index contributed by atoms with van der Waals surface area (Å²) < 4.78 is 20.5. The van der Waals surface area contributed by atoms with Crippen LogP contribution in [0.1, 0.15) is 34.2 Å². The fourth-order valence-corrected chi connectivity index (χ4v) is 3.94. The molecule has 1 aromatic carbocycles. The van der Waals surface area contributed by atoms with Crippen LogP contribution < -0.4 is 15.8 Å². The molecule has 2 saturated heterocycles. The molecule has 3 heterocycles. The van der Waals surface area contributed by atoms with Crippen molar-refractivity contribution in [2.75, 3.05) is 38.3 Å². The van der Waals surface area contributed by atoms with Crippen LogP contribution in [0.15, 0.2) is 23.0 Å². The minimum absolute atomic E-state index is 0.0554. The molecule has 1 aromatic heterocycles. The number of nitrogens with zero attached hydrogens (tertiary/aromatic N) is 4. The van der Waals surface area contributed by atoms with Crippen LogP contribution in [-0.4, -0.2) is 64.8 Å². The van der Waals surface area contributed by atoms with E-state index < -0.39 is 23.0 Å². The molecule has 0 spiro atoms. The molecule has 170 valence electrons. The number of hydrogen-bond donors (Lipinski definition) is 2. The van der Waals surface area contributed by atoms with Crippen LogP contribution in [0.4, 0.5) is 14.9 Å². The van der Waals surface area contributed by atoms with Gasteiger partial charge in [0.25, 0.3) is 11.5 Å². The third-order valence-electron chi connectivity index (χ3n) is 5.81. The van der Waals surface area contributed by atoms with Crippen molar-refractivity contribution < 1.29 is 23.8 Å². The van der Waals surface area contributed by atoms with E-state index in [-0.39, 0.29) is 24.2 Å². The zero-order valence-electron chi connectivity index (χ0n) is 17.8. The third kappa shape index (κ3) is 3.91. The lowest BCUT2D eigenvalue weighted by Crippen LogP contribution is -2.33. The summed E-state index contributed by atoms with van der Waals surface area (Å²) in [7, 11) is 3.14. The number of urea groups is 1. The largest absolute Gasteiger partial charge is 0.501 e. The summed E-state index contributed by atoms with van der Waals surface area (Å²) >= 11 is 0. The summed E-state index contributed by atoms with van der Waals surface area (Å²) in [5.41, 5.74) is -0.239. The lowest BCUT2D eigenvalue weighted by Gasteiger charge is -2.20. The molecule has 0 bridgehead atoms. The number of carbonyl (C=O) groups excluding carboxylic acids is 2. The van der Waals surface area contributed by atoms with E-state index in [1.807, 2.05) is 0 Å². The first-order chi connectivity index (χ1) is 15.3. The number of hydrogen-bond acceptors (Lipinski definition) is 6. The van der Waals surface area contributed by atoms with Crippen LogP contribution in [0.3, 0.4) is 0 Å². The maximum Gasteiger partial charge on any atom is 0.324 e. The SMILES string of the molecule is CN1CCN(c2cc(F)ccc2CNC(=O)c2nc(C3CCOC3)n(C)c(=O)c2O)C1=O. The summed E-state index contributed by atoms with van der Waals surface area (Å²) in [6, 6.07) is 3.69. The first kappa shape index (κ1) is 21.8. The number of halogens is 1. The molecule has 1 unspecified atom stereocenters. The quantitative estimate of drug-likeness (QED) is 0.707. The molecule has 4 rings (SSSR count). The second-order valence-corrected chi connectivity index (χ2v) is 7.90. The van der Waals surface area contributed by atoms with Crippen LogP contribution in [0, 0.1) is 5.82 Å². The number of amides is 3. The molecule has 2 aromatic rings. The normalized spacial score (nSPS) is 18.5. The molecule has 11 heteroatoms. The van der Waals surface area contributed by atoms with Gasteiger partial charge >= 0.3 is 6.03 Å². The van der Waals surface area contributed by atoms with Gasteiger partial charge in [-0.05, 0) is 24.1 Å². The number of rotatable bonds is 5. The lowest BCUT2D eigenvalue weighted by molar-refractivity contribution is 0.0941. The van der Waals surface area contributed by atoms with Gasteiger partial charge in [-0.2, -0.15) is 0 Å². The van der Waals surface area contributed by atoms with Gasteiger partial charge < -0.3 is 20.1 Å². The highest BCUT2D eigenvalue weighted by atomic mass is 19.1. The molecule has 2 aliphatic heterocycles. The number of nitrogens with one attached hydrogen (secondary N) is 1. The Morgan fingerprint density at radius 2 is 2.09 bits per heavy atom. The number of benzene rings is 1. The standard InChI is InChI=1S/C21H24FN5O5/c1-25-6-7-27(21(25)31)15-9-14(22)4-3-12(15)10-23-19(29)16-17(28)20(30)26(2)18(24-16)13-5-8-32-11-13/h3-4,9,13,28H,5-8,10-11H2,1-2H3,(H,23,29). The Morgan fingerprint density at radius 3 is 2.75 bits per heavy atom. The molecule has 0 saturated carbocycles. The molecule has 2 N–H and O–H groups in total. The van der Waals surface area contributed by atoms with Gasteiger partial charge in [0.2, 0.25) is 5.75 Å². The van der Waals surface area contributed by atoms with Crippen molar-refractivity contribution in [1.29, 1.82) is 0 Å². The number of likely N-dealkylation sites (N-methyl/N-ethyl adjacent to an activating group) is 1. The molecular weight excluding hydrogens is 421 g/mol. The van der Waals surface area contributed by atoms with E-state index in [0.29, 0.717) is 49.8 Å². The van der Waals surface area contributed by atoms with E-state index in [2.05, 4.69) is 10.3 Å². The third-order valence-corrected chi connectivity index (χ3v) is 5.81. The van der Waals surface area contributed by atoms with Crippen molar-refractivity contribution in [2.24, 2.45) is 7.05 Å². The first-order valence-electron chi connectivity index (χ1n) is 10.2. The van der Waals surface area contributed by atoms with Gasteiger partial charge in [-0.3, -0.25) is 19.1 Å².